The zero-order valence-corrected chi connectivity index (χ0v) is 8.68. The summed E-state index contributed by atoms with van der Waals surface area (Å²) in [5, 5.41) is 2.86. The van der Waals surface area contributed by atoms with Crippen LogP contribution in [0.5, 0.6) is 11.6 Å². The van der Waals surface area contributed by atoms with E-state index in [9.17, 15) is 0 Å². The van der Waals surface area contributed by atoms with Crippen molar-refractivity contribution in [2.75, 3.05) is 5.73 Å². The van der Waals surface area contributed by atoms with Gasteiger partial charge in [0.2, 0.25) is 5.88 Å². The van der Waals surface area contributed by atoms with E-state index in [1.165, 1.54) is 11.3 Å². The second-order valence-corrected chi connectivity index (χ2v) is 3.91. The highest BCUT2D eigenvalue weighted by atomic mass is 35.5. The third kappa shape index (κ3) is 2.16. The molecule has 0 radical (unpaired) electrons. The van der Waals surface area contributed by atoms with Gasteiger partial charge in [0.1, 0.15) is 5.75 Å². The van der Waals surface area contributed by atoms with Gasteiger partial charge in [-0.1, -0.05) is 17.7 Å². The van der Waals surface area contributed by atoms with Crippen molar-refractivity contribution in [2.45, 2.75) is 0 Å². The molecule has 3 nitrogen and oxygen atoms in total. The third-order valence-corrected chi connectivity index (χ3v) is 2.41. The quantitative estimate of drug-likeness (QED) is 0.856. The first-order chi connectivity index (χ1) is 6.74. The molecule has 72 valence electrons. The van der Waals surface area contributed by atoms with E-state index < -0.39 is 0 Å². The van der Waals surface area contributed by atoms with E-state index in [2.05, 4.69) is 4.98 Å². The second kappa shape index (κ2) is 3.86. The summed E-state index contributed by atoms with van der Waals surface area (Å²) in [7, 11) is 0. The van der Waals surface area contributed by atoms with Crippen molar-refractivity contribution in [3.8, 4) is 11.6 Å². The van der Waals surface area contributed by atoms with Crippen molar-refractivity contribution < 1.29 is 4.74 Å². The Bertz CT molecular complexity index is 444. The summed E-state index contributed by atoms with van der Waals surface area (Å²) in [6.07, 6.45) is 0. The Morgan fingerprint density at radius 1 is 1.43 bits per heavy atom. The molecule has 2 N–H and O–H groups in total. The zero-order valence-electron chi connectivity index (χ0n) is 7.11. The smallest absolute Gasteiger partial charge is 0.231 e. The van der Waals surface area contributed by atoms with Crippen LogP contribution in [0, 0.1) is 0 Å². The van der Waals surface area contributed by atoms with Crippen LogP contribution in [-0.4, -0.2) is 4.98 Å². The molecule has 0 bridgehead atoms. The lowest BCUT2D eigenvalue weighted by Crippen LogP contribution is -1.85. The van der Waals surface area contributed by atoms with Crippen molar-refractivity contribution in [1.82, 2.24) is 4.98 Å². The molecule has 2 aromatic rings. The summed E-state index contributed by atoms with van der Waals surface area (Å²) >= 11 is 7.13. The molecule has 0 aliphatic heterocycles. The molecule has 0 atom stereocenters. The molecule has 0 aliphatic carbocycles. The maximum absolute atomic E-state index is 5.79. The topological polar surface area (TPSA) is 48.1 Å². The third-order valence-electron chi connectivity index (χ3n) is 1.52. The van der Waals surface area contributed by atoms with Gasteiger partial charge in [0.15, 0.2) is 5.13 Å². The summed E-state index contributed by atoms with van der Waals surface area (Å²) < 4.78 is 5.41. The first-order valence-electron chi connectivity index (χ1n) is 3.88. The minimum Gasteiger partial charge on any atom is -0.438 e. The highest BCUT2D eigenvalue weighted by Crippen LogP contribution is 2.25. The fourth-order valence-electron chi connectivity index (χ4n) is 0.970. The maximum Gasteiger partial charge on any atom is 0.231 e. The van der Waals surface area contributed by atoms with E-state index in [-0.39, 0.29) is 0 Å². The number of halogens is 1. The number of nitrogen functional groups attached to an aromatic ring is 1. The minimum absolute atomic E-state index is 0.488. The molecule has 0 unspecified atom stereocenters. The molecule has 0 spiro atoms. The van der Waals surface area contributed by atoms with E-state index in [1.807, 2.05) is 6.07 Å². The summed E-state index contributed by atoms with van der Waals surface area (Å²) in [5.41, 5.74) is 5.46. The van der Waals surface area contributed by atoms with Crippen LogP contribution < -0.4 is 10.5 Å². The number of thiazole rings is 1. The van der Waals surface area contributed by atoms with Crippen LogP contribution in [0.15, 0.2) is 29.6 Å². The molecule has 1 aromatic heterocycles. The number of hydrogen-bond acceptors (Lipinski definition) is 4. The van der Waals surface area contributed by atoms with Gasteiger partial charge in [0.05, 0.1) is 5.38 Å². The highest BCUT2D eigenvalue weighted by Gasteiger charge is 2.01. The number of ether oxygens (including phenoxy) is 1. The molecular formula is C9H7ClN2OS. The lowest BCUT2D eigenvalue weighted by atomic mass is 10.3. The Hall–Kier alpha value is -1.26. The predicted octanol–water partition coefficient (Wildman–Crippen LogP) is 3.17. The summed E-state index contributed by atoms with van der Waals surface area (Å²) in [6, 6.07) is 7.12. The summed E-state index contributed by atoms with van der Waals surface area (Å²) in [4.78, 5) is 3.97. The Balaban J connectivity index is 2.18. The van der Waals surface area contributed by atoms with Crippen LogP contribution in [0.4, 0.5) is 5.13 Å². The maximum atomic E-state index is 5.79. The van der Waals surface area contributed by atoms with Gasteiger partial charge in [-0.05, 0) is 18.2 Å². The van der Waals surface area contributed by atoms with E-state index >= 15 is 0 Å². The molecule has 0 saturated heterocycles. The van der Waals surface area contributed by atoms with Crippen molar-refractivity contribution >= 4 is 28.1 Å². The second-order valence-electron chi connectivity index (χ2n) is 2.58. The lowest BCUT2D eigenvalue weighted by molar-refractivity contribution is 0.467. The fourth-order valence-corrected chi connectivity index (χ4v) is 1.62. The Morgan fingerprint density at radius 3 is 2.93 bits per heavy atom. The van der Waals surface area contributed by atoms with Gasteiger partial charge in [0.25, 0.3) is 0 Å². The summed E-state index contributed by atoms with van der Waals surface area (Å²) in [6.45, 7) is 0. The van der Waals surface area contributed by atoms with Crippen LogP contribution in [0.3, 0.4) is 0 Å². The molecule has 2 rings (SSSR count). The van der Waals surface area contributed by atoms with Crippen LogP contribution >= 0.6 is 22.9 Å². The normalized spacial score (nSPS) is 10.1. The SMILES string of the molecule is Nc1nc(Oc2cccc(Cl)c2)cs1. The minimum atomic E-state index is 0.488. The van der Waals surface area contributed by atoms with Crippen LogP contribution in [0.1, 0.15) is 0 Å². The van der Waals surface area contributed by atoms with Crippen LogP contribution in [0.25, 0.3) is 0 Å². The van der Waals surface area contributed by atoms with Crippen molar-refractivity contribution in [3.63, 3.8) is 0 Å². The average molecular weight is 227 g/mol. The number of benzene rings is 1. The van der Waals surface area contributed by atoms with Crippen molar-refractivity contribution in [1.29, 1.82) is 0 Å². The number of hydrogen-bond donors (Lipinski definition) is 1. The Labute approximate surface area is 90.1 Å². The van der Waals surface area contributed by atoms with Crippen molar-refractivity contribution in [3.05, 3.63) is 34.7 Å². The molecule has 0 fully saturated rings. The largest absolute Gasteiger partial charge is 0.438 e. The van der Waals surface area contributed by atoms with Gasteiger partial charge in [-0.3, -0.25) is 0 Å². The lowest BCUT2D eigenvalue weighted by Gasteiger charge is -2.01. The van der Waals surface area contributed by atoms with E-state index in [0.29, 0.717) is 21.8 Å². The van der Waals surface area contributed by atoms with Gasteiger partial charge in [-0.25, -0.2) is 0 Å². The molecule has 14 heavy (non-hydrogen) atoms. The van der Waals surface area contributed by atoms with E-state index in [0.717, 1.165) is 0 Å². The summed E-state index contributed by atoms with van der Waals surface area (Å²) in [5.74, 6) is 1.15. The monoisotopic (exact) mass is 226 g/mol. The standard InChI is InChI=1S/C9H7ClN2OS/c10-6-2-1-3-7(4-6)13-8-5-14-9(11)12-8/h1-5H,(H2,11,12). The Kier molecular flexibility index (Phi) is 2.56. The van der Waals surface area contributed by atoms with Gasteiger partial charge in [-0.15, -0.1) is 11.3 Å². The fraction of sp³-hybridized carbons (Fsp3) is 0. The number of rotatable bonds is 2. The van der Waals surface area contributed by atoms with Gasteiger partial charge >= 0.3 is 0 Å². The zero-order chi connectivity index (χ0) is 9.97. The van der Waals surface area contributed by atoms with Crippen molar-refractivity contribution in [2.24, 2.45) is 0 Å². The average Bonchev–Trinajstić information content (AvgIpc) is 2.51. The first kappa shape index (κ1) is 9.30. The molecule has 0 saturated carbocycles. The van der Waals surface area contributed by atoms with E-state index in [1.54, 1.807) is 23.6 Å². The van der Waals surface area contributed by atoms with E-state index in [4.69, 9.17) is 22.1 Å². The number of anilines is 1. The molecule has 1 heterocycles. The molecule has 5 heteroatoms. The number of nitrogens with two attached hydrogens (primary N) is 1. The van der Waals surface area contributed by atoms with Crippen LogP contribution in [-0.2, 0) is 0 Å². The van der Waals surface area contributed by atoms with Gasteiger partial charge in [0, 0.05) is 5.02 Å². The number of nitrogens with zero attached hydrogens (tertiary/aromatic N) is 1. The molecule has 0 aliphatic rings. The van der Waals surface area contributed by atoms with Gasteiger partial charge in [-0.2, -0.15) is 4.98 Å². The highest BCUT2D eigenvalue weighted by molar-refractivity contribution is 7.13. The Morgan fingerprint density at radius 2 is 2.29 bits per heavy atom. The van der Waals surface area contributed by atoms with Gasteiger partial charge < -0.3 is 10.5 Å². The molecular weight excluding hydrogens is 220 g/mol. The number of aromatic nitrogens is 1. The first-order valence-corrected chi connectivity index (χ1v) is 5.14. The molecule has 1 aromatic carbocycles. The van der Waals surface area contributed by atoms with Crippen LogP contribution in [0.2, 0.25) is 5.02 Å². The molecule has 0 amide bonds. The predicted molar refractivity (Wildman–Crippen MR) is 58.1 cm³/mol.